The second kappa shape index (κ2) is 7.79. The van der Waals surface area contributed by atoms with Gasteiger partial charge in [0.1, 0.15) is 0 Å². The summed E-state index contributed by atoms with van der Waals surface area (Å²) in [6.45, 7) is 4.71. The maximum absolute atomic E-state index is 12.2. The van der Waals surface area contributed by atoms with Crippen molar-refractivity contribution >= 4 is 21.5 Å². The molecule has 1 aromatic heterocycles. The number of sulfonamides is 1. The second-order valence-electron chi connectivity index (χ2n) is 6.13. The first-order valence-corrected chi connectivity index (χ1v) is 9.91. The van der Waals surface area contributed by atoms with Crippen molar-refractivity contribution in [3.8, 4) is 0 Å². The Bertz CT molecular complexity index is 802. The average molecular weight is 361 g/mol. The van der Waals surface area contributed by atoms with E-state index in [0.717, 1.165) is 24.3 Å². The molecule has 0 saturated carbocycles. The van der Waals surface area contributed by atoms with Crippen LogP contribution in [0.2, 0.25) is 0 Å². The Morgan fingerprint density at radius 1 is 1.12 bits per heavy atom. The summed E-state index contributed by atoms with van der Waals surface area (Å²) in [5, 5.41) is 11.2. The molecule has 0 atom stereocenters. The van der Waals surface area contributed by atoms with Crippen LogP contribution in [-0.4, -0.2) is 44.8 Å². The lowest BCUT2D eigenvalue weighted by atomic mass is 10.2. The molecule has 25 heavy (non-hydrogen) atoms. The van der Waals surface area contributed by atoms with Crippen LogP contribution < -0.4 is 14.9 Å². The summed E-state index contributed by atoms with van der Waals surface area (Å²) in [6.07, 6.45) is 4.16. The van der Waals surface area contributed by atoms with Gasteiger partial charge in [0.15, 0.2) is 5.82 Å². The number of anilines is 2. The Kier molecular flexibility index (Phi) is 5.50. The van der Waals surface area contributed by atoms with Gasteiger partial charge in [-0.3, -0.25) is 0 Å². The predicted molar refractivity (Wildman–Crippen MR) is 98.3 cm³/mol. The van der Waals surface area contributed by atoms with Crippen molar-refractivity contribution in [2.45, 2.75) is 24.7 Å². The summed E-state index contributed by atoms with van der Waals surface area (Å²) in [7, 11) is -3.49. The van der Waals surface area contributed by atoms with E-state index >= 15 is 0 Å². The van der Waals surface area contributed by atoms with E-state index in [1.165, 1.54) is 12.8 Å². The Hall–Kier alpha value is -2.19. The van der Waals surface area contributed by atoms with E-state index in [1.54, 1.807) is 30.5 Å². The number of hydrogen-bond acceptors (Lipinski definition) is 6. The number of hydrogen-bond donors (Lipinski definition) is 2. The lowest BCUT2D eigenvalue weighted by molar-refractivity contribution is 0.583. The van der Waals surface area contributed by atoms with Gasteiger partial charge in [-0.05, 0) is 31.9 Å². The summed E-state index contributed by atoms with van der Waals surface area (Å²) in [6, 6.07) is 8.73. The first kappa shape index (κ1) is 17.6. The zero-order chi connectivity index (χ0) is 17.7. The summed E-state index contributed by atoms with van der Waals surface area (Å²) >= 11 is 0. The van der Waals surface area contributed by atoms with Crippen LogP contribution in [0.4, 0.5) is 11.5 Å². The van der Waals surface area contributed by atoms with Crippen LogP contribution in [0, 0.1) is 6.92 Å². The first-order valence-electron chi connectivity index (χ1n) is 8.42. The monoisotopic (exact) mass is 361 g/mol. The lowest BCUT2D eigenvalue weighted by Gasteiger charge is -2.17. The second-order valence-corrected chi connectivity index (χ2v) is 7.90. The first-order chi connectivity index (χ1) is 12.0. The Balaban J connectivity index is 1.51. The average Bonchev–Trinajstić information content (AvgIpc) is 3.14. The molecule has 0 amide bonds. The SMILES string of the molecule is Cc1ccc(S(=O)(=O)NCCNc2cc(N3CCCC3)cnn2)cc1. The molecule has 7 nitrogen and oxygen atoms in total. The van der Waals surface area contributed by atoms with Crippen LogP contribution in [0.5, 0.6) is 0 Å². The minimum Gasteiger partial charge on any atom is -0.370 e. The zero-order valence-electron chi connectivity index (χ0n) is 14.3. The van der Waals surface area contributed by atoms with Crippen LogP contribution in [0.25, 0.3) is 0 Å². The third kappa shape index (κ3) is 4.67. The van der Waals surface area contributed by atoms with Gasteiger partial charge in [0.25, 0.3) is 0 Å². The molecular weight excluding hydrogens is 338 g/mol. The lowest BCUT2D eigenvalue weighted by Crippen LogP contribution is -2.29. The molecule has 1 aromatic carbocycles. The number of benzene rings is 1. The molecule has 2 heterocycles. The van der Waals surface area contributed by atoms with Crippen molar-refractivity contribution in [1.82, 2.24) is 14.9 Å². The molecule has 0 aliphatic carbocycles. The standard InChI is InChI=1S/C17H23N5O2S/c1-14-4-6-16(7-5-14)25(23,24)20-9-8-18-17-12-15(13-19-21-17)22-10-2-3-11-22/h4-7,12-13,20H,2-3,8-11H2,1H3,(H,18,21). The normalized spacial score (nSPS) is 14.7. The van der Waals surface area contributed by atoms with Crippen LogP contribution >= 0.6 is 0 Å². The smallest absolute Gasteiger partial charge is 0.240 e. The van der Waals surface area contributed by atoms with Crippen LogP contribution in [0.1, 0.15) is 18.4 Å². The molecular formula is C17H23N5O2S. The highest BCUT2D eigenvalue weighted by atomic mass is 32.2. The van der Waals surface area contributed by atoms with Gasteiger partial charge in [0.05, 0.1) is 16.8 Å². The van der Waals surface area contributed by atoms with Gasteiger partial charge in [0, 0.05) is 32.2 Å². The number of aryl methyl sites for hydroxylation is 1. The summed E-state index contributed by atoms with van der Waals surface area (Å²) in [5.74, 6) is 0.652. The number of nitrogens with one attached hydrogen (secondary N) is 2. The molecule has 1 aliphatic heterocycles. The van der Waals surface area contributed by atoms with Crippen molar-refractivity contribution in [2.75, 3.05) is 36.4 Å². The van der Waals surface area contributed by atoms with E-state index in [-0.39, 0.29) is 11.4 Å². The molecule has 134 valence electrons. The molecule has 0 bridgehead atoms. The van der Waals surface area contributed by atoms with Crippen molar-refractivity contribution in [3.63, 3.8) is 0 Å². The largest absolute Gasteiger partial charge is 0.370 e. The number of aromatic nitrogens is 2. The van der Waals surface area contributed by atoms with Gasteiger partial charge < -0.3 is 10.2 Å². The highest BCUT2D eigenvalue weighted by Gasteiger charge is 2.14. The molecule has 1 fully saturated rings. The van der Waals surface area contributed by atoms with Crippen LogP contribution in [0.3, 0.4) is 0 Å². The topological polar surface area (TPSA) is 87.2 Å². The molecule has 1 aliphatic rings. The van der Waals surface area contributed by atoms with Crippen molar-refractivity contribution < 1.29 is 8.42 Å². The minimum absolute atomic E-state index is 0.270. The number of nitrogens with zero attached hydrogens (tertiary/aromatic N) is 3. The summed E-state index contributed by atoms with van der Waals surface area (Å²) < 4.78 is 27.0. The maximum Gasteiger partial charge on any atom is 0.240 e. The summed E-state index contributed by atoms with van der Waals surface area (Å²) in [5.41, 5.74) is 2.08. The van der Waals surface area contributed by atoms with Crippen molar-refractivity contribution in [3.05, 3.63) is 42.1 Å². The van der Waals surface area contributed by atoms with Crippen molar-refractivity contribution in [2.24, 2.45) is 0 Å². The molecule has 2 aromatic rings. The zero-order valence-corrected chi connectivity index (χ0v) is 15.1. The van der Waals surface area contributed by atoms with Gasteiger partial charge in [-0.1, -0.05) is 17.7 Å². The van der Waals surface area contributed by atoms with E-state index in [0.29, 0.717) is 12.4 Å². The van der Waals surface area contributed by atoms with Gasteiger partial charge in [0.2, 0.25) is 10.0 Å². The molecule has 0 unspecified atom stereocenters. The van der Waals surface area contributed by atoms with Gasteiger partial charge in [-0.2, -0.15) is 5.10 Å². The summed E-state index contributed by atoms with van der Waals surface area (Å²) in [4.78, 5) is 2.55. The predicted octanol–water partition coefficient (Wildman–Crippen LogP) is 1.78. The van der Waals surface area contributed by atoms with E-state index < -0.39 is 10.0 Å². The molecule has 0 spiro atoms. The molecule has 3 rings (SSSR count). The van der Waals surface area contributed by atoms with Crippen LogP contribution in [-0.2, 0) is 10.0 Å². The number of rotatable bonds is 7. The fourth-order valence-electron chi connectivity index (χ4n) is 2.77. The van der Waals surface area contributed by atoms with Crippen molar-refractivity contribution in [1.29, 1.82) is 0 Å². The third-order valence-corrected chi connectivity index (χ3v) is 5.64. The van der Waals surface area contributed by atoms with Crippen LogP contribution in [0.15, 0.2) is 41.4 Å². The molecule has 2 N–H and O–H groups in total. The highest BCUT2D eigenvalue weighted by Crippen LogP contribution is 2.20. The Labute approximate surface area is 148 Å². The molecule has 0 radical (unpaired) electrons. The van der Waals surface area contributed by atoms with E-state index in [4.69, 9.17) is 0 Å². The van der Waals surface area contributed by atoms with Gasteiger partial charge in [-0.15, -0.1) is 5.10 Å². The van der Waals surface area contributed by atoms with Gasteiger partial charge >= 0.3 is 0 Å². The Morgan fingerprint density at radius 2 is 1.84 bits per heavy atom. The van der Waals surface area contributed by atoms with E-state index in [9.17, 15) is 8.42 Å². The Morgan fingerprint density at radius 3 is 2.56 bits per heavy atom. The fourth-order valence-corrected chi connectivity index (χ4v) is 3.80. The van der Waals surface area contributed by atoms with E-state index in [2.05, 4.69) is 25.1 Å². The quantitative estimate of drug-likeness (QED) is 0.731. The minimum atomic E-state index is -3.49. The maximum atomic E-state index is 12.2. The van der Waals surface area contributed by atoms with Gasteiger partial charge in [-0.25, -0.2) is 13.1 Å². The molecule has 1 saturated heterocycles. The van der Waals surface area contributed by atoms with E-state index in [1.807, 2.05) is 13.0 Å². The third-order valence-electron chi connectivity index (χ3n) is 4.17. The fraction of sp³-hybridized carbons (Fsp3) is 0.412. The molecule has 8 heteroatoms. The highest BCUT2D eigenvalue weighted by molar-refractivity contribution is 7.89.